The molecule has 2 rings (SSSR count). The number of hydrogen-bond donors (Lipinski definition) is 2. The van der Waals surface area contributed by atoms with Crippen molar-refractivity contribution < 1.29 is 9.53 Å². The van der Waals surface area contributed by atoms with Crippen molar-refractivity contribution in [1.82, 2.24) is 0 Å². The number of anilines is 2. The largest absolute Gasteiger partial charge is 0.494 e. The monoisotopic (exact) mass is 302 g/mol. The maximum absolute atomic E-state index is 12.0. The van der Waals surface area contributed by atoms with E-state index in [4.69, 9.17) is 10.5 Å². The van der Waals surface area contributed by atoms with Crippen LogP contribution in [0.2, 0.25) is 0 Å². The van der Waals surface area contributed by atoms with E-state index in [-0.39, 0.29) is 5.91 Å². The fourth-order valence-electron chi connectivity index (χ4n) is 1.78. The van der Waals surface area contributed by atoms with Gasteiger partial charge in [-0.2, -0.15) is 0 Å². The standard InChI is InChI=1S/C16H18N2O2S/c1-11-3-6-13(7-4-11)21-10-16(19)18-14-8-5-12(17)9-15(14)20-2/h3-9H,10,17H2,1-2H3,(H,18,19). The summed E-state index contributed by atoms with van der Waals surface area (Å²) in [7, 11) is 1.55. The molecule has 0 unspecified atom stereocenters. The molecule has 4 nitrogen and oxygen atoms in total. The van der Waals surface area contributed by atoms with Crippen molar-refractivity contribution >= 4 is 29.0 Å². The van der Waals surface area contributed by atoms with Gasteiger partial charge in [0.05, 0.1) is 18.6 Å². The van der Waals surface area contributed by atoms with Crippen LogP contribution in [0.25, 0.3) is 0 Å². The minimum absolute atomic E-state index is 0.0800. The number of nitrogen functional groups attached to an aromatic ring is 1. The van der Waals surface area contributed by atoms with Crippen molar-refractivity contribution in [2.45, 2.75) is 11.8 Å². The molecule has 0 bridgehead atoms. The fourth-order valence-corrected chi connectivity index (χ4v) is 2.48. The number of methoxy groups -OCH3 is 1. The highest BCUT2D eigenvalue weighted by Crippen LogP contribution is 2.27. The van der Waals surface area contributed by atoms with Crippen molar-refractivity contribution in [3.63, 3.8) is 0 Å². The molecular weight excluding hydrogens is 284 g/mol. The van der Waals surface area contributed by atoms with E-state index in [9.17, 15) is 4.79 Å². The van der Waals surface area contributed by atoms with Crippen LogP contribution in [0.3, 0.4) is 0 Å². The molecule has 3 N–H and O–H groups in total. The van der Waals surface area contributed by atoms with E-state index >= 15 is 0 Å². The van der Waals surface area contributed by atoms with Crippen molar-refractivity contribution in [2.75, 3.05) is 23.9 Å². The van der Waals surface area contributed by atoms with Crippen molar-refractivity contribution in [1.29, 1.82) is 0 Å². The maximum Gasteiger partial charge on any atom is 0.234 e. The zero-order chi connectivity index (χ0) is 15.2. The van der Waals surface area contributed by atoms with E-state index < -0.39 is 0 Å². The highest BCUT2D eigenvalue weighted by Gasteiger charge is 2.08. The Morgan fingerprint density at radius 2 is 1.95 bits per heavy atom. The van der Waals surface area contributed by atoms with Gasteiger partial charge in [-0.25, -0.2) is 0 Å². The Balaban J connectivity index is 1.94. The molecule has 0 fully saturated rings. The third-order valence-corrected chi connectivity index (χ3v) is 3.90. The van der Waals surface area contributed by atoms with Gasteiger partial charge in [0.2, 0.25) is 5.91 Å². The van der Waals surface area contributed by atoms with Crippen LogP contribution in [0.15, 0.2) is 47.4 Å². The Morgan fingerprint density at radius 3 is 2.62 bits per heavy atom. The summed E-state index contributed by atoms with van der Waals surface area (Å²) in [5.74, 6) is 0.823. The molecule has 0 aliphatic rings. The van der Waals surface area contributed by atoms with E-state index in [0.29, 0.717) is 22.9 Å². The third-order valence-electron chi connectivity index (χ3n) is 2.89. The number of ether oxygens (including phenoxy) is 1. The molecule has 0 spiro atoms. The Morgan fingerprint density at radius 1 is 1.24 bits per heavy atom. The molecule has 1 amide bonds. The van der Waals surface area contributed by atoms with Crippen molar-refractivity contribution in [3.05, 3.63) is 48.0 Å². The number of nitrogens with one attached hydrogen (secondary N) is 1. The molecule has 0 aliphatic carbocycles. The van der Waals surface area contributed by atoms with E-state index in [1.54, 1.807) is 25.3 Å². The van der Waals surface area contributed by atoms with Gasteiger partial charge < -0.3 is 15.8 Å². The average Bonchev–Trinajstić information content (AvgIpc) is 2.48. The van der Waals surface area contributed by atoms with Crippen LogP contribution in [-0.4, -0.2) is 18.8 Å². The van der Waals surface area contributed by atoms with E-state index in [2.05, 4.69) is 5.32 Å². The number of rotatable bonds is 5. The van der Waals surface area contributed by atoms with Gasteiger partial charge >= 0.3 is 0 Å². The first kappa shape index (κ1) is 15.3. The molecule has 0 heterocycles. The van der Waals surface area contributed by atoms with Crippen LogP contribution in [0, 0.1) is 6.92 Å². The van der Waals surface area contributed by atoms with Gasteiger partial charge in [-0.1, -0.05) is 17.7 Å². The highest BCUT2D eigenvalue weighted by molar-refractivity contribution is 8.00. The quantitative estimate of drug-likeness (QED) is 0.657. The summed E-state index contributed by atoms with van der Waals surface area (Å²) >= 11 is 1.50. The molecule has 0 atom stereocenters. The van der Waals surface area contributed by atoms with E-state index in [0.717, 1.165) is 4.90 Å². The number of nitrogens with two attached hydrogens (primary N) is 1. The molecule has 0 saturated carbocycles. The molecular formula is C16H18N2O2S. The Kier molecular flexibility index (Phi) is 5.11. The van der Waals surface area contributed by atoms with E-state index in [1.165, 1.54) is 17.3 Å². The molecule has 5 heteroatoms. The first-order valence-corrected chi connectivity index (χ1v) is 7.50. The highest BCUT2D eigenvalue weighted by atomic mass is 32.2. The molecule has 2 aromatic rings. The zero-order valence-corrected chi connectivity index (χ0v) is 12.9. The molecule has 2 aromatic carbocycles. The van der Waals surface area contributed by atoms with Crippen LogP contribution in [0.1, 0.15) is 5.56 Å². The number of amides is 1. The van der Waals surface area contributed by atoms with Crippen molar-refractivity contribution in [3.8, 4) is 5.75 Å². The number of hydrogen-bond acceptors (Lipinski definition) is 4. The maximum atomic E-state index is 12.0. The van der Waals surface area contributed by atoms with Gasteiger partial charge in [0.1, 0.15) is 5.75 Å². The number of aryl methyl sites for hydroxylation is 1. The summed E-state index contributed by atoms with van der Waals surface area (Å²) in [6.07, 6.45) is 0. The second-order valence-corrected chi connectivity index (χ2v) is 5.66. The Labute approximate surface area is 128 Å². The molecule has 0 radical (unpaired) electrons. The second kappa shape index (κ2) is 7.04. The minimum Gasteiger partial charge on any atom is -0.494 e. The third kappa shape index (κ3) is 4.43. The smallest absolute Gasteiger partial charge is 0.234 e. The molecule has 21 heavy (non-hydrogen) atoms. The Hall–Kier alpha value is -2.14. The topological polar surface area (TPSA) is 64.3 Å². The first-order chi connectivity index (χ1) is 10.1. The fraction of sp³-hybridized carbons (Fsp3) is 0.188. The summed E-state index contributed by atoms with van der Waals surface area (Å²) in [4.78, 5) is 13.1. The van der Waals surface area contributed by atoms with Crippen LogP contribution >= 0.6 is 11.8 Å². The summed E-state index contributed by atoms with van der Waals surface area (Å²) in [6.45, 7) is 2.04. The predicted molar refractivity (Wildman–Crippen MR) is 87.9 cm³/mol. The molecule has 0 aliphatic heterocycles. The van der Waals surface area contributed by atoms with Gasteiger partial charge in [-0.3, -0.25) is 4.79 Å². The predicted octanol–water partition coefficient (Wildman–Crippen LogP) is 3.32. The lowest BCUT2D eigenvalue weighted by atomic mass is 10.2. The second-order valence-electron chi connectivity index (χ2n) is 4.61. The number of benzene rings is 2. The lowest BCUT2D eigenvalue weighted by Gasteiger charge is -2.10. The van der Waals surface area contributed by atoms with Crippen molar-refractivity contribution in [2.24, 2.45) is 0 Å². The van der Waals surface area contributed by atoms with E-state index in [1.807, 2.05) is 31.2 Å². The average molecular weight is 302 g/mol. The summed E-state index contributed by atoms with van der Waals surface area (Å²) < 4.78 is 5.20. The lowest BCUT2D eigenvalue weighted by Crippen LogP contribution is -2.14. The van der Waals surface area contributed by atoms with Gasteiger partial charge in [0, 0.05) is 16.6 Å². The molecule has 110 valence electrons. The van der Waals surface area contributed by atoms with Gasteiger partial charge in [-0.15, -0.1) is 11.8 Å². The first-order valence-electron chi connectivity index (χ1n) is 6.51. The number of carbonyl (C=O) groups excluding carboxylic acids is 1. The molecule has 0 aromatic heterocycles. The van der Waals surface area contributed by atoms with Gasteiger partial charge in [0.25, 0.3) is 0 Å². The lowest BCUT2D eigenvalue weighted by molar-refractivity contribution is -0.113. The SMILES string of the molecule is COc1cc(N)ccc1NC(=O)CSc1ccc(C)cc1. The van der Waals surface area contributed by atoms with Gasteiger partial charge in [-0.05, 0) is 31.2 Å². The van der Waals surface area contributed by atoms with Crippen LogP contribution in [-0.2, 0) is 4.79 Å². The zero-order valence-electron chi connectivity index (χ0n) is 12.1. The minimum atomic E-state index is -0.0800. The molecule has 0 saturated heterocycles. The van der Waals surface area contributed by atoms with Gasteiger partial charge in [0.15, 0.2) is 0 Å². The normalized spacial score (nSPS) is 10.2. The summed E-state index contributed by atoms with van der Waals surface area (Å²) in [5, 5.41) is 2.83. The summed E-state index contributed by atoms with van der Waals surface area (Å²) in [6, 6.07) is 13.2. The number of carbonyl (C=O) groups is 1. The number of thioether (sulfide) groups is 1. The summed E-state index contributed by atoms with van der Waals surface area (Å²) in [5.41, 5.74) is 8.11. The van der Waals surface area contributed by atoms with Crippen LogP contribution < -0.4 is 15.8 Å². The van der Waals surface area contributed by atoms with Crippen LogP contribution in [0.4, 0.5) is 11.4 Å². The van der Waals surface area contributed by atoms with Crippen LogP contribution in [0.5, 0.6) is 5.75 Å². The Bertz CT molecular complexity index is 627.